The molecule has 2 aromatic rings. The average molecular weight is 321 g/mol. The first-order chi connectivity index (χ1) is 11.8. The number of fused-ring (bicyclic) bond motifs is 2. The third kappa shape index (κ3) is 2.33. The summed E-state index contributed by atoms with van der Waals surface area (Å²) in [6.45, 7) is 0. The van der Waals surface area contributed by atoms with Crippen molar-refractivity contribution < 1.29 is 4.79 Å². The lowest BCUT2D eigenvalue weighted by Crippen LogP contribution is -2.27. The molecule has 2 fully saturated rings. The Labute approximate surface area is 140 Å². The summed E-state index contributed by atoms with van der Waals surface area (Å²) in [5.41, 5.74) is 1.02. The van der Waals surface area contributed by atoms with Gasteiger partial charge in [-0.15, -0.1) is 0 Å². The molecule has 2 heterocycles. The lowest BCUT2D eigenvalue weighted by Gasteiger charge is -2.17. The van der Waals surface area contributed by atoms with Crippen molar-refractivity contribution in [1.29, 1.82) is 0 Å². The SMILES string of the molecule is O=C(Nc1cc(C2CC2)nn1-c1ncccn1)C1CC2C=CC1C2. The van der Waals surface area contributed by atoms with Gasteiger partial charge in [-0.05, 0) is 43.6 Å². The van der Waals surface area contributed by atoms with Gasteiger partial charge in [0.25, 0.3) is 5.95 Å². The fourth-order valence-corrected chi connectivity index (χ4v) is 3.92. The van der Waals surface area contributed by atoms with Crippen LogP contribution in [0.5, 0.6) is 0 Å². The van der Waals surface area contributed by atoms with Crippen LogP contribution in [0, 0.1) is 17.8 Å². The second-order valence-electron chi connectivity index (χ2n) is 7.07. The van der Waals surface area contributed by atoms with Crippen LogP contribution in [0.3, 0.4) is 0 Å². The molecule has 24 heavy (non-hydrogen) atoms. The van der Waals surface area contributed by atoms with Gasteiger partial charge in [0.2, 0.25) is 5.91 Å². The largest absolute Gasteiger partial charge is 0.310 e. The molecule has 2 bridgehead atoms. The van der Waals surface area contributed by atoms with Crippen molar-refractivity contribution in [3.05, 3.63) is 42.4 Å². The Morgan fingerprint density at radius 1 is 1.17 bits per heavy atom. The topological polar surface area (TPSA) is 72.7 Å². The fraction of sp³-hybridized carbons (Fsp3) is 0.444. The summed E-state index contributed by atoms with van der Waals surface area (Å²) in [5.74, 6) is 2.82. The Balaban J connectivity index is 1.44. The number of nitrogens with zero attached hydrogens (tertiary/aromatic N) is 4. The molecule has 3 unspecified atom stereocenters. The number of allylic oxidation sites excluding steroid dienone is 2. The molecule has 0 aromatic carbocycles. The maximum Gasteiger partial charge on any atom is 0.252 e. The number of carbonyl (C=O) groups excluding carboxylic acids is 1. The Kier molecular flexibility index (Phi) is 3.04. The van der Waals surface area contributed by atoms with Gasteiger partial charge in [0.05, 0.1) is 5.69 Å². The number of nitrogens with one attached hydrogen (secondary N) is 1. The Bertz CT molecular complexity index is 808. The zero-order valence-electron chi connectivity index (χ0n) is 13.3. The first-order valence-corrected chi connectivity index (χ1v) is 8.64. The van der Waals surface area contributed by atoms with E-state index in [0.29, 0.717) is 29.5 Å². The molecule has 3 atom stereocenters. The number of amides is 1. The minimum atomic E-state index is 0.0735. The Morgan fingerprint density at radius 2 is 2.00 bits per heavy atom. The highest BCUT2D eigenvalue weighted by Gasteiger charge is 2.40. The zero-order chi connectivity index (χ0) is 16.1. The quantitative estimate of drug-likeness (QED) is 0.879. The maximum atomic E-state index is 12.8. The summed E-state index contributed by atoms with van der Waals surface area (Å²) < 4.78 is 1.66. The minimum Gasteiger partial charge on any atom is -0.310 e. The van der Waals surface area contributed by atoms with Gasteiger partial charge < -0.3 is 5.32 Å². The molecule has 1 N–H and O–H groups in total. The van der Waals surface area contributed by atoms with E-state index in [1.54, 1.807) is 23.1 Å². The van der Waals surface area contributed by atoms with Crippen LogP contribution in [-0.2, 0) is 4.79 Å². The molecular weight excluding hydrogens is 302 g/mol. The van der Waals surface area contributed by atoms with Crippen LogP contribution < -0.4 is 5.32 Å². The molecule has 0 saturated heterocycles. The van der Waals surface area contributed by atoms with Crippen LogP contribution in [-0.4, -0.2) is 25.7 Å². The van der Waals surface area contributed by atoms with Gasteiger partial charge in [0.1, 0.15) is 5.82 Å². The molecule has 6 heteroatoms. The minimum absolute atomic E-state index is 0.0735. The van der Waals surface area contributed by atoms with Crippen molar-refractivity contribution in [2.45, 2.75) is 31.6 Å². The molecule has 2 aromatic heterocycles. The number of hydrogen-bond acceptors (Lipinski definition) is 4. The molecule has 5 rings (SSSR count). The third-order valence-electron chi connectivity index (χ3n) is 5.33. The Morgan fingerprint density at radius 3 is 2.67 bits per heavy atom. The number of rotatable bonds is 4. The molecule has 122 valence electrons. The molecule has 2 saturated carbocycles. The normalized spacial score (nSPS) is 27.6. The number of carbonyl (C=O) groups is 1. The summed E-state index contributed by atoms with van der Waals surface area (Å²) in [4.78, 5) is 21.3. The smallest absolute Gasteiger partial charge is 0.252 e. The van der Waals surface area contributed by atoms with Crippen LogP contribution in [0.25, 0.3) is 5.95 Å². The molecule has 0 spiro atoms. The maximum absolute atomic E-state index is 12.8. The standard InChI is InChI=1S/C18H19N5O/c24-17(14-9-11-2-3-13(14)8-11)21-16-10-15(12-4-5-12)22-23(16)18-19-6-1-7-20-18/h1-3,6-7,10-14H,4-5,8-9H2,(H,21,24). The van der Waals surface area contributed by atoms with Crippen molar-refractivity contribution >= 4 is 11.7 Å². The van der Waals surface area contributed by atoms with E-state index >= 15 is 0 Å². The Hall–Kier alpha value is -2.50. The number of hydrogen-bond donors (Lipinski definition) is 1. The lowest BCUT2D eigenvalue weighted by molar-refractivity contribution is -0.120. The molecule has 1 amide bonds. The zero-order valence-corrected chi connectivity index (χ0v) is 13.3. The number of aromatic nitrogens is 4. The highest BCUT2D eigenvalue weighted by Crippen LogP contribution is 2.44. The van der Waals surface area contributed by atoms with E-state index in [1.807, 2.05) is 6.07 Å². The van der Waals surface area contributed by atoms with Crippen molar-refractivity contribution in [2.24, 2.45) is 17.8 Å². The van der Waals surface area contributed by atoms with Gasteiger partial charge in [-0.2, -0.15) is 9.78 Å². The fourth-order valence-electron chi connectivity index (χ4n) is 3.92. The van der Waals surface area contributed by atoms with Gasteiger partial charge in [0.15, 0.2) is 0 Å². The first-order valence-electron chi connectivity index (χ1n) is 8.64. The highest BCUT2D eigenvalue weighted by atomic mass is 16.2. The molecule has 0 aliphatic heterocycles. The van der Waals surface area contributed by atoms with Crippen LogP contribution >= 0.6 is 0 Å². The molecule has 3 aliphatic rings. The van der Waals surface area contributed by atoms with Crippen molar-refractivity contribution in [2.75, 3.05) is 5.32 Å². The monoisotopic (exact) mass is 321 g/mol. The van der Waals surface area contributed by atoms with Crippen LogP contribution in [0.2, 0.25) is 0 Å². The van der Waals surface area contributed by atoms with E-state index in [4.69, 9.17) is 0 Å². The summed E-state index contributed by atoms with van der Waals surface area (Å²) in [5, 5.41) is 7.72. The van der Waals surface area contributed by atoms with Gasteiger partial charge >= 0.3 is 0 Å². The summed E-state index contributed by atoms with van der Waals surface area (Å²) in [7, 11) is 0. The van der Waals surface area contributed by atoms with Crippen molar-refractivity contribution in [3.8, 4) is 5.95 Å². The summed E-state index contributed by atoms with van der Waals surface area (Å²) >= 11 is 0. The van der Waals surface area contributed by atoms with E-state index in [1.165, 1.54) is 0 Å². The van der Waals surface area contributed by atoms with Crippen molar-refractivity contribution in [3.63, 3.8) is 0 Å². The molecule has 6 nitrogen and oxygen atoms in total. The highest BCUT2D eigenvalue weighted by molar-refractivity contribution is 5.92. The van der Waals surface area contributed by atoms with Crippen molar-refractivity contribution in [1.82, 2.24) is 19.7 Å². The predicted molar refractivity (Wildman–Crippen MR) is 88.6 cm³/mol. The van der Waals surface area contributed by atoms with E-state index in [9.17, 15) is 4.79 Å². The summed E-state index contributed by atoms with van der Waals surface area (Å²) in [6, 6.07) is 3.75. The molecular formula is C18H19N5O. The van der Waals surface area contributed by atoms with Crippen LogP contribution in [0.1, 0.15) is 37.3 Å². The number of anilines is 1. The van der Waals surface area contributed by atoms with Crippen LogP contribution in [0.15, 0.2) is 36.7 Å². The second kappa shape index (κ2) is 5.26. The first kappa shape index (κ1) is 13.9. The van der Waals surface area contributed by atoms with E-state index in [-0.39, 0.29) is 11.8 Å². The van der Waals surface area contributed by atoms with E-state index < -0.39 is 0 Å². The predicted octanol–water partition coefficient (Wildman–Crippen LogP) is 2.69. The lowest BCUT2D eigenvalue weighted by atomic mass is 9.93. The van der Waals surface area contributed by atoms with Gasteiger partial charge in [-0.25, -0.2) is 9.97 Å². The third-order valence-corrected chi connectivity index (χ3v) is 5.33. The van der Waals surface area contributed by atoms with Gasteiger partial charge in [0, 0.05) is 30.3 Å². The summed E-state index contributed by atoms with van der Waals surface area (Å²) in [6.07, 6.45) is 12.2. The van der Waals surface area contributed by atoms with Crippen LogP contribution in [0.4, 0.5) is 5.82 Å². The van der Waals surface area contributed by atoms with Gasteiger partial charge in [-0.3, -0.25) is 4.79 Å². The molecule has 0 radical (unpaired) electrons. The average Bonchev–Trinajstić information content (AvgIpc) is 3.05. The van der Waals surface area contributed by atoms with Gasteiger partial charge in [-0.1, -0.05) is 12.2 Å². The molecule has 3 aliphatic carbocycles. The van der Waals surface area contributed by atoms with E-state index in [0.717, 1.165) is 31.4 Å². The second-order valence-corrected chi connectivity index (χ2v) is 7.07. The van der Waals surface area contributed by atoms with E-state index in [2.05, 4.69) is 32.5 Å².